The van der Waals surface area contributed by atoms with Crippen molar-refractivity contribution in [1.29, 1.82) is 0 Å². The Morgan fingerprint density at radius 1 is 1.00 bits per heavy atom. The molecule has 2 saturated heterocycles. The number of carbonyl (C=O) groups is 3. The van der Waals surface area contributed by atoms with Crippen LogP contribution in [-0.4, -0.2) is 48.9 Å². The number of nitrogens with one attached hydrogen (secondary N) is 1. The van der Waals surface area contributed by atoms with Gasteiger partial charge in [-0.15, -0.1) is 0 Å². The lowest BCUT2D eigenvalue weighted by atomic mass is 9.70. The summed E-state index contributed by atoms with van der Waals surface area (Å²) in [7, 11) is 1.34. The summed E-state index contributed by atoms with van der Waals surface area (Å²) in [5.74, 6) is -1.07. The lowest BCUT2D eigenvalue weighted by Gasteiger charge is -2.40. The molecule has 2 amide bonds. The molecule has 3 heterocycles. The number of halogens is 2. The second-order valence-corrected chi connectivity index (χ2v) is 12.3. The Bertz CT molecular complexity index is 1570. The third kappa shape index (κ3) is 4.09. The number of methoxy groups -OCH3 is 1. The largest absolute Gasteiger partial charge is 0.465 e. The smallest absolute Gasteiger partial charge is 0.337 e. The zero-order valence-corrected chi connectivity index (χ0v) is 24.0. The van der Waals surface area contributed by atoms with E-state index in [1.165, 1.54) is 7.11 Å². The number of ether oxygens (including phenoxy) is 1. The average Bonchev–Trinajstić information content (AvgIpc) is 3.68. The van der Waals surface area contributed by atoms with E-state index in [-0.39, 0.29) is 17.9 Å². The molecule has 1 saturated carbocycles. The summed E-state index contributed by atoms with van der Waals surface area (Å²) in [4.78, 5) is 45.2. The number of hydrogen-bond acceptors (Lipinski definition) is 5. The van der Waals surface area contributed by atoms with Crippen LogP contribution in [-0.2, 0) is 19.9 Å². The maximum Gasteiger partial charge on any atom is 0.337 e. The quantitative estimate of drug-likeness (QED) is 0.377. The molecule has 9 heteroatoms. The topological polar surface area (TPSA) is 78.9 Å². The molecular formula is C32H29Cl2N3O4. The first-order valence-corrected chi connectivity index (χ1v) is 14.7. The van der Waals surface area contributed by atoms with E-state index >= 15 is 0 Å². The molecule has 3 aliphatic heterocycles. The van der Waals surface area contributed by atoms with Gasteiger partial charge in [0.1, 0.15) is 5.54 Å². The minimum absolute atomic E-state index is 0.0371. The molecule has 0 radical (unpaired) electrons. The van der Waals surface area contributed by atoms with Crippen molar-refractivity contribution < 1.29 is 19.1 Å². The number of piperidine rings is 1. The van der Waals surface area contributed by atoms with Crippen LogP contribution in [0.25, 0.3) is 0 Å². The predicted molar refractivity (Wildman–Crippen MR) is 157 cm³/mol. The summed E-state index contributed by atoms with van der Waals surface area (Å²) in [5, 5.41) is 4.23. The van der Waals surface area contributed by atoms with Crippen molar-refractivity contribution in [2.45, 2.75) is 36.8 Å². The first kappa shape index (κ1) is 26.5. The van der Waals surface area contributed by atoms with Gasteiger partial charge in [0.05, 0.1) is 18.6 Å². The van der Waals surface area contributed by atoms with E-state index in [4.69, 9.17) is 27.9 Å². The van der Waals surface area contributed by atoms with Gasteiger partial charge in [-0.2, -0.15) is 0 Å². The molecule has 41 heavy (non-hydrogen) atoms. The zero-order valence-electron chi connectivity index (χ0n) is 22.5. The molecule has 3 aromatic carbocycles. The number of carbonyl (C=O) groups excluding carboxylic acids is 3. The summed E-state index contributed by atoms with van der Waals surface area (Å²) in [6.07, 6.45) is 2.94. The Balaban J connectivity index is 1.39. The van der Waals surface area contributed by atoms with Gasteiger partial charge in [0.25, 0.3) is 0 Å². The number of nitrogens with zero attached hydrogens (tertiary/aromatic N) is 2. The Hall–Kier alpha value is -3.39. The second-order valence-electron chi connectivity index (χ2n) is 11.4. The van der Waals surface area contributed by atoms with E-state index in [9.17, 15) is 14.4 Å². The van der Waals surface area contributed by atoms with Gasteiger partial charge >= 0.3 is 5.97 Å². The Kier molecular flexibility index (Phi) is 6.38. The van der Waals surface area contributed by atoms with Crippen molar-refractivity contribution in [2.75, 3.05) is 30.4 Å². The summed E-state index contributed by atoms with van der Waals surface area (Å²) >= 11 is 12.9. The van der Waals surface area contributed by atoms with Crippen LogP contribution in [0.15, 0.2) is 66.7 Å². The lowest BCUT2D eigenvalue weighted by molar-refractivity contribution is -0.128. The summed E-state index contributed by atoms with van der Waals surface area (Å²) in [6.45, 7) is 1.25. The van der Waals surface area contributed by atoms with Crippen LogP contribution in [0.2, 0.25) is 10.0 Å². The molecule has 1 aliphatic carbocycles. The number of likely N-dealkylation sites (tertiary alicyclic amines) is 1. The molecule has 210 valence electrons. The Morgan fingerprint density at radius 2 is 1.76 bits per heavy atom. The maximum absolute atomic E-state index is 14.6. The van der Waals surface area contributed by atoms with E-state index in [1.807, 2.05) is 36.4 Å². The highest BCUT2D eigenvalue weighted by Crippen LogP contribution is 2.62. The van der Waals surface area contributed by atoms with Crippen LogP contribution in [0.3, 0.4) is 0 Å². The van der Waals surface area contributed by atoms with E-state index < -0.39 is 23.3 Å². The summed E-state index contributed by atoms with van der Waals surface area (Å²) in [5.41, 5.74) is 2.46. The Labute approximate surface area is 248 Å². The van der Waals surface area contributed by atoms with Gasteiger partial charge in [-0.3, -0.25) is 14.5 Å². The predicted octanol–water partition coefficient (Wildman–Crippen LogP) is 5.86. The van der Waals surface area contributed by atoms with Crippen molar-refractivity contribution in [3.05, 3.63) is 93.5 Å². The normalized spacial score (nSPS) is 27.1. The first-order chi connectivity index (χ1) is 19.8. The van der Waals surface area contributed by atoms with Gasteiger partial charge in [0.15, 0.2) is 0 Å². The molecule has 1 N–H and O–H groups in total. The molecule has 3 fully saturated rings. The summed E-state index contributed by atoms with van der Waals surface area (Å²) < 4.78 is 4.84. The fourth-order valence-corrected chi connectivity index (χ4v) is 7.73. The molecule has 4 atom stereocenters. The van der Waals surface area contributed by atoms with Crippen LogP contribution in [0.1, 0.15) is 46.7 Å². The second kappa shape index (κ2) is 9.86. The highest BCUT2D eigenvalue weighted by molar-refractivity contribution is 6.31. The third-order valence-corrected chi connectivity index (χ3v) is 9.69. The highest BCUT2D eigenvalue weighted by Gasteiger charge is 2.69. The minimum Gasteiger partial charge on any atom is -0.465 e. The third-order valence-electron chi connectivity index (χ3n) is 9.22. The van der Waals surface area contributed by atoms with E-state index in [0.29, 0.717) is 45.9 Å². The summed E-state index contributed by atoms with van der Waals surface area (Å²) in [6, 6.07) is 19.9. The zero-order chi connectivity index (χ0) is 28.5. The number of fused-ring (bicyclic) bond motifs is 3. The first-order valence-electron chi connectivity index (χ1n) is 14.0. The van der Waals surface area contributed by atoms with Gasteiger partial charge in [-0.05, 0) is 79.3 Å². The molecule has 7 nitrogen and oxygen atoms in total. The van der Waals surface area contributed by atoms with Gasteiger partial charge in [-0.1, -0.05) is 41.4 Å². The van der Waals surface area contributed by atoms with Crippen LogP contribution in [0, 0.1) is 11.8 Å². The molecule has 2 unspecified atom stereocenters. The number of hydrogen-bond donors (Lipinski definition) is 1. The van der Waals surface area contributed by atoms with Crippen LogP contribution < -0.4 is 10.2 Å². The molecular weight excluding hydrogens is 561 g/mol. The van der Waals surface area contributed by atoms with E-state index in [2.05, 4.69) is 10.2 Å². The number of esters is 1. The number of benzene rings is 3. The van der Waals surface area contributed by atoms with Crippen LogP contribution in [0.4, 0.5) is 11.4 Å². The van der Waals surface area contributed by atoms with E-state index in [1.54, 1.807) is 35.2 Å². The maximum atomic E-state index is 14.6. The van der Waals surface area contributed by atoms with E-state index in [0.717, 1.165) is 30.5 Å². The SMILES string of the molecule is COC(=O)c1ccc(N2CCC3[C@@H](C2=O)[C@H](c2cccc(Cl)c2)C2(C(=O)Nc4cc(Cl)ccc42)N3CC2CC2)cc1. The highest BCUT2D eigenvalue weighted by atomic mass is 35.5. The van der Waals surface area contributed by atoms with Gasteiger partial charge < -0.3 is 15.0 Å². The fourth-order valence-electron chi connectivity index (χ4n) is 7.35. The van der Waals surface area contributed by atoms with Crippen molar-refractivity contribution in [2.24, 2.45) is 11.8 Å². The molecule has 7 rings (SSSR count). The lowest BCUT2D eigenvalue weighted by Crippen LogP contribution is -2.54. The molecule has 0 aromatic heterocycles. The number of rotatable bonds is 5. The van der Waals surface area contributed by atoms with Crippen molar-refractivity contribution in [3.8, 4) is 0 Å². The molecule has 3 aromatic rings. The number of anilines is 2. The van der Waals surface area contributed by atoms with Crippen molar-refractivity contribution >= 4 is 52.4 Å². The number of amides is 2. The van der Waals surface area contributed by atoms with Gasteiger partial charge in [0.2, 0.25) is 11.8 Å². The minimum atomic E-state index is -1.08. The Morgan fingerprint density at radius 3 is 2.46 bits per heavy atom. The van der Waals surface area contributed by atoms with Crippen LogP contribution >= 0.6 is 23.2 Å². The van der Waals surface area contributed by atoms with Crippen molar-refractivity contribution in [3.63, 3.8) is 0 Å². The fraction of sp³-hybridized carbons (Fsp3) is 0.344. The monoisotopic (exact) mass is 589 g/mol. The molecule has 1 spiro atoms. The van der Waals surface area contributed by atoms with Gasteiger partial charge in [-0.25, -0.2) is 4.79 Å². The van der Waals surface area contributed by atoms with Crippen molar-refractivity contribution in [1.82, 2.24) is 4.90 Å². The van der Waals surface area contributed by atoms with Crippen LogP contribution in [0.5, 0.6) is 0 Å². The standard InChI is InChI=1S/C32H29Cl2N3O4/c1-41-30(39)19-7-10-23(11-8-19)36-14-13-26-27(29(36)38)28(20-3-2-4-21(33)15-20)32(37(26)17-18-5-6-18)24-12-9-22(34)16-25(24)35-31(32)40/h2-4,7-12,15-16,18,26-28H,5-6,13-14,17H2,1H3,(H,35,40)/t26?,27-,28+,32?/m1/s1. The van der Waals surface area contributed by atoms with Gasteiger partial charge in [0, 0.05) is 52.0 Å². The average molecular weight is 591 g/mol. The molecule has 0 bridgehead atoms. The molecule has 4 aliphatic rings.